The molecule has 0 radical (unpaired) electrons. The van der Waals surface area contributed by atoms with Crippen molar-refractivity contribution in [3.63, 3.8) is 0 Å². The summed E-state index contributed by atoms with van der Waals surface area (Å²) in [5.41, 5.74) is 5.63. The third-order valence-corrected chi connectivity index (χ3v) is 2.57. The van der Waals surface area contributed by atoms with E-state index in [9.17, 15) is 4.79 Å². The van der Waals surface area contributed by atoms with Gasteiger partial charge in [0.1, 0.15) is 0 Å². The summed E-state index contributed by atoms with van der Waals surface area (Å²) in [7, 11) is 0. The zero-order chi connectivity index (χ0) is 10.7. The van der Waals surface area contributed by atoms with Gasteiger partial charge in [-0.2, -0.15) is 0 Å². The molecule has 0 aromatic heterocycles. The van der Waals surface area contributed by atoms with E-state index in [1.165, 1.54) is 12.8 Å². The first-order chi connectivity index (χ1) is 7.25. The van der Waals surface area contributed by atoms with Crippen molar-refractivity contribution in [2.75, 3.05) is 13.1 Å². The van der Waals surface area contributed by atoms with E-state index in [-0.39, 0.29) is 11.8 Å². The third kappa shape index (κ3) is 3.77. The summed E-state index contributed by atoms with van der Waals surface area (Å²) in [5, 5.41) is 5.93. The Balaban J connectivity index is 1.54. The lowest BCUT2D eigenvalue weighted by atomic mass is 10.4. The van der Waals surface area contributed by atoms with E-state index in [0.717, 1.165) is 12.8 Å². The topological polar surface area (TPSA) is 79.5 Å². The molecule has 2 fully saturated rings. The summed E-state index contributed by atoms with van der Waals surface area (Å²) in [6, 6.07) is 0.537. The summed E-state index contributed by atoms with van der Waals surface area (Å²) in [5.74, 6) is 0.938. The number of nitrogens with two attached hydrogens (primary N) is 1. The number of hydrogen-bond acceptors (Lipinski definition) is 2. The van der Waals surface area contributed by atoms with Crippen molar-refractivity contribution in [1.29, 1.82) is 0 Å². The highest BCUT2D eigenvalue weighted by atomic mass is 16.2. The van der Waals surface area contributed by atoms with Crippen molar-refractivity contribution in [3.8, 4) is 0 Å². The van der Waals surface area contributed by atoms with E-state index < -0.39 is 0 Å². The predicted molar refractivity (Wildman–Crippen MR) is 58.4 cm³/mol. The molecule has 0 saturated heterocycles. The highest BCUT2D eigenvalue weighted by molar-refractivity contribution is 5.81. The number of aliphatic imine (C=N–C) groups is 1. The summed E-state index contributed by atoms with van der Waals surface area (Å²) in [6.45, 7) is 1.15. The van der Waals surface area contributed by atoms with Gasteiger partial charge in [0.15, 0.2) is 5.96 Å². The number of nitrogens with one attached hydrogen (secondary N) is 2. The van der Waals surface area contributed by atoms with Crippen LogP contribution in [-0.4, -0.2) is 31.0 Å². The molecule has 0 aliphatic heterocycles. The Bertz CT molecular complexity index is 269. The quantitative estimate of drug-likeness (QED) is 0.327. The second-order valence-corrected chi connectivity index (χ2v) is 4.25. The first-order valence-electron chi connectivity index (χ1n) is 5.60. The predicted octanol–water partition coefficient (Wildman–Crippen LogP) is -0.421. The molecule has 15 heavy (non-hydrogen) atoms. The lowest BCUT2D eigenvalue weighted by Crippen LogP contribution is -2.34. The number of guanidine groups is 1. The molecule has 0 heterocycles. The third-order valence-electron chi connectivity index (χ3n) is 2.57. The van der Waals surface area contributed by atoms with Crippen LogP contribution in [-0.2, 0) is 4.79 Å². The fraction of sp³-hybridized carbons (Fsp3) is 0.800. The smallest absolute Gasteiger partial charge is 0.223 e. The van der Waals surface area contributed by atoms with Crippen LogP contribution in [0.3, 0.4) is 0 Å². The molecule has 1 amide bonds. The van der Waals surface area contributed by atoms with Crippen LogP contribution in [0.4, 0.5) is 0 Å². The Morgan fingerprint density at radius 3 is 2.67 bits per heavy atom. The van der Waals surface area contributed by atoms with Crippen molar-refractivity contribution in [1.82, 2.24) is 10.6 Å². The van der Waals surface area contributed by atoms with E-state index in [4.69, 9.17) is 5.73 Å². The van der Waals surface area contributed by atoms with Crippen LogP contribution in [0.5, 0.6) is 0 Å². The molecule has 0 aromatic carbocycles. The van der Waals surface area contributed by atoms with Gasteiger partial charge < -0.3 is 16.4 Å². The molecule has 0 unspecified atom stereocenters. The van der Waals surface area contributed by atoms with Crippen LogP contribution in [0, 0.1) is 5.92 Å². The maximum atomic E-state index is 11.2. The highest BCUT2D eigenvalue weighted by Crippen LogP contribution is 2.28. The molecule has 0 bridgehead atoms. The van der Waals surface area contributed by atoms with Crippen LogP contribution in [0.25, 0.3) is 0 Å². The Hall–Kier alpha value is -1.26. The molecule has 2 saturated carbocycles. The van der Waals surface area contributed by atoms with E-state index >= 15 is 0 Å². The van der Waals surface area contributed by atoms with Gasteiger partial charge in [-0.25, -0.2) is 0 Å². The van der Waals surface area contributed by atoms with Gasteiger partial charge >= 0.3 is 0 Å². The first-order valence-corrected chi connectivity index (χ1v) is 5.60. The van der Waals surface area contributed by atoms with Crippen molar-refractivity contribution in [3.05, 3.63) is 0 Å². The minimum atomic E-state index is 0.166. The van der Waals surface area contributed by atoms with E-state index in [2.05, 4.69) is 15.6 Å². The van der Waals surface area contributed by atoms with E-state index in [1.54, 1.807) is 0 Å². The molecule has 2 aliphatic rings. The number of hydrogen-bond donors (Lipinski definition) is 3. The zero-order valence-electron chi connectivity index (χ0n) is 8.83. The van der Waals surface area contributed by atoms with Gasteiger partial charge in [0, 0.05) is 18.5 Å². The van der Waals surface area contributed by atoms with E-state index in [1.807, 2.05) is 0 Å². The van der Waals surface area contributed by atoms with Gasteiger partial charge in [0.05, 0.1) is 6.54 Å². The number of amides is 1. The molecule has 5 nitrogen and oxygen atoms in total. The van der Waals surface area contributed by atoms with Crippen LogP contribution >= 0.6 is 0 Å². The van der Waals surface area contributed by atoms with Gasteiger partial charge in [0.2, 0.25) is 5.91 Å². The summed E-state index contributed by atoms with van der Waals surface area (Å²) in [4.78, 5) is 15.4. The Labute approximate surface area is 89.5 Å². The van der Waals surface area contributed by atoms with Crippen LogP contribution in [0.15, 0.2) is 4.99 Å². The summed E-state index contributed by atoms with van der Waals surface area (Å²) < 4.78 is 0. The molecule has 5 heteroatoms. The van der Waals surface area contributed by atoms with Crippen molar-refractivity contribution >= 4 is 11.9 Å². The van der Waals surface area contributed by atoms with Gasteiger partial charge in [0.25, 0.3) is 0 Å². The largest absolute Gasteiger partial charge is 0.370 e. The Kier molecular flexibility index (Phi) is 3.08. The molecule has 0 aromatic rings. The summed E-state index contributed by atoms with van der Waals surface area (Å²) >= 11 is 0. The van der Waals surface area contributed by atoms with Crippen LogP contribution in [0.1, 0.15) is 25.7 Å². The number of carbonyl (C=O) groups excluding carboxylic acids is 1. The fourth-order valence-corrected chi connectivity index (χ4v) is 1.33. The average molecular weight is 210 g/mol. The lowest BCUT2D eigenvalue weighted by molar-refractivity contribution is -0.122. The molecule has 0 spiro atoms. The minimum Gasteiger partial charge on any atom is -0.370 e. The standard InChI is InChI=1S/C10H18N4O/c11-10(14-8-3-4-8)13-6-5-12-9(15)7-1-2-7/h7-8H,1-6H2,(H,12,15)(H3,11,13,14). The molecule has 2 rings (SSSR count). The molecular formula is C10H18N4O. The lowest BCUT2D eigenvalue weighted by Gasteiger charge is -2.04. The monoisotopic (exact) mass is 210 g/mol. The Morgan fingerprint density at radius 2 is 2.07 bits per heavy atom. The van der Waals surface area contributed by atoms with Crippen LogP contribution in [0.2, 0.25) is 0 Å². The van der Waals surface area contributed by atoms with Crippen molar-refractivity contribution in [2.24, 2.45) is 16.6 Å². The maximum absolute atomic E-state index is 11.2. The number of carbonyl (C=O) groups is 1. The second kappa shape index (κ2) is 4.51. The number of nitrogens with zero attached hydrogens (tertiary/aromatic N) is 1. The molecule has 0 atom stereocenters. The molecule has 2 aliphatic carbocycles. The van der Waals surface area contributed by atoms with Crippen molar-refractivity contribution in [2.45, 2.75) is 31.7 Å². The molecular weight excluding hydrogens is 192 g/mol. The highest BCUT2D eigenvalue weighted by Gasteiger charge is 2.28. The Morgan fingerprint density at radius 1 is 1.33 bits per heavy atom. The summed E-state index contributed by atoms with van der Waals surface area (Å²) in [6.07, 6.45) is 4.46. The second-order valence-electron chi connectivity index (χ2n) is 4.25. The van der Waals surface area contributed by atoms with Gasteiger partial charge in [-0.15, -0.1) is 0 Å². The molecule has 84 valence electrons. The minimum absolute atomic E-state index is 0.166. The first kappa shape index (κ1) is 10.3. The maximum Gasteiger partial charge on any atom is 0.223 e. The molecule has 4 N–H and O–H groups in total. The SMILES string of the molecule is NC(=NCCNC(=O)C1CC1)NC1CC1. The normalized spacial score (nSPS) is 21.2. The van der Waals surface area contributed by atoms with Gasteiger partial charge in [-0.3, -0.25) is 9.79 Å². The van der Waals surface area contributed by atoms with Gasteiger partial charge in [-0.05, 0) is 25.7 Å². The van der Waals surface area contributed by atoms with Crippen LogP contribution < -0.4 is 16.4 Å². The zero-order valence-corrected chi connectivity index (χ0v) is 8.83. The number of rotatable bonds is 5. The van der Waals surface area contributed by atoms with E-state index in [0.29, 0.717) is 25.1 Å². The van der Waals surface area contributed by atoms with Crippen molar-refractivity contribution < 1.29 is 4.79 Å². The average Bonchev–Trinajstić information content (AvgIpc) is 3.00. The van der Waals surface area contributed by atoms with Gasteiger partial charge in [-0.1, -0.05) is 0 Å². The fourth-order valence-electron chi connectivity index (χ4n) is 1.33.